The van der Waals surface area contributed by atoms with Crippen molar-refractivity contribution >= 4 is 35.1 Å². The summed E-state index contributed by atoms with van der Waals surface area (Å²) in [5, 5.41) is 2.73. The Bertz CT molecular complexity index is 939. The number of anilines is 1. The fourth-order valence-electron chi connectivity index (χ4n) is 2.79. The van der Waals surface area contributed by atoms with E-state index in [-0.39, 0.29) is 17.3 Å². The molecule has 0 radical (unpaired) electrons. The number of hydrogen-bond donors (Lipinski definition) is 1. The molecule has 2 aromatic carbocycles. The van der Waals surface area contributed by atoms with Crippen molar-refractivity contribution < 1.29 is 19.1 Å². The van der Waals surface area contributed by atoms with E-state index in [0.29, 0.717) is 17.9 Å². The van der Waals surface area contributed by atoms with Gasteiger partial charge < -0.3 is 10.1 Å². The third kappa shape index (κ3) is 4.84. The minimum Gasteiger partial charge on any atom is -0.462 e. The highest BCUT2D eigenvalue weighted by Gasteiger charge is 2.37. The Hall–Kier alpha value is -3.12. The molecule has 0 atom stereocenters. The van der Waals surface area contributed by atoms with Crippen LogP contribution in [0.15, 0.2) is 65.3 Å². The monoisotopic (exact) mass is 412 g/mol. The maximum atomic E-state index is 12.7. The average Bonchev–Trinajstić information content (AvgIpc) is 2.93. The Morgan fingerprint density at radius 1 is 1.03 bits per heavy atom. The fourth-order valence-corrected chi connectivity index (χ4v) is 3.02. The van der Waals surface area contributed by atoms with E-state index in [1.807, 2.05) is 37.3 Å². The van der Waals surface area contributed by atoms with Crippen LogP contribution in [0.4, 0.5) is 5.69 Å². The molecule has 2 aromatic rings. The van der Waals surface area contributed by atoms with Crippen molar-refractivity contribution in [3.63, 3.8) is 0 Å². The van der Waals surface area contributed by atoms with E-state index in [0.717, 1.165) is 23.3 Å². The Balaban J connectivity index is 1.67. The number of amides is 2. The molecule has 6 nitrogen and oxygen atoms in total. The topological polar surface area (TPSA) is 75.7 Å². The largest absolute Gasteiger partial charge is 0.462 e. The van der Waals surface area contributed by atoms with Crippen molar-refractivity contribution in [3.8, 4) is 0 Å². The van der Waals surface area contributed by atoms with Crippen LogP contribution < -0.4 is 5.32 Å². The van der Waals surface area contributed by atoms with Gasteiger partial charge in [-0.15, -0.1) is 0 Å². The van der Waals surface area contributed by atoms with Gasteiger partial charge in [-0.25, -0.2) is 4.79 Å². The number of carbonyl (C=O) groups excluding carboxylic acids is 3. The number of benzene rings is 2. The standard InChI is InChI=1S/C22H21ClN2O4/c1-2-3-13-29-22(28)16-9-11-17(12-10-16)24-19-18(23)20(26)25(21(19)27)14-15-7-5-4-6-8-15/h4-12,24H,2-3,13-14H2,1H3. The molecule has 7 heteroatoms. The Kier molecular flexibility index (Phi) is 6.67. The molecular weight excluding hydrogens is 392 g/mol. The van der Waals surface area contributed by atoms with Gasteiger partial charge in [-0.1, -0.05) is 55.3 Å². The molecule has 29 heavy (non-hydrogen) atoms. The number of hydrogen-bond acceptors (Lipinski definition) is 5. The van der Waals surface area contributed by atoms with E-state index in [4.69, 9.17) is 16.3 Å². The maximum absolute atomic E-state index is 12.7. The summed E-state index contributed by atoms with van der Waals surface area (Å²) in [6, 6.07) is 15.6. The number of esters is 1. The number of rotatable bonds is 8. The van der Waals surface area contributed by atoms with Gasteiger partial charge in [0.2, 0.25) is 0 Å². The zero-order chi connectivity index (χ0) is 20.8. The Labute approximate surface area is 174 Å². The number of ether oxygens (including phenoxy) is 1. The normalized spacial score (nSPS) is 13.8. The summed E-state index contributed by atoms with van der Waals surface area (Å²) in [5.74, 6) is -1.44. The van der Waals surface area contributed by atoms with Gasteiger partial charge >= 0.3 is 5.97 Å². The SMILES string of the molecule is CCCCOC(=O)c1ccc(NC2=C(Cl)C(=O)N(Cc3ccccc3)C2=O)cc1. The molecular formula is C22H21ClN2O4. The predicted molar refractivity (Wildman–Crippen MR) is 110 cm³/mol. The van der Waals surface area contributed by atoms with Gasteiger partial charge in [0.05, 0.1) is 18.7 Å². The van der Waals surface area contributed by atoms with Crippen LogP contribution in [0.2, 0.25) is 0 Å². The van der Waals surface area contributed by atoms with E-state index < -0.39 is 17.8 Å². The minimum atomic E-state index is -0.542. The molecule has 1 heterocycles. The van der Waals surface area contributed by atoms with Crippen molar-refractivity contribution in [3.05, 3.63) is 76.5 Å². The van der Waals surface area contributed by atoms with Gasteiger partial charge in [0, 0.05) is 5.69 Å². The molecule has 0 aromatic heterocycles. The van der Waals surface area contributed by atoms with Crippen molar-refractivity contribution in [2.75, 3.05) is 11.9 Å². The fraction of sp³-hybridized carbons (Fsp3) is 0.227. The van der Waals surface area contributed by atoms with Crippen molar-refractivity contribution in [1.82, 2.24) is 4.90 Å². The number of nitrogens with zero attached hydrogens (tertiary/aromatic N) is 1. The summed E-state index contributed by atoms with van der Waals surface area (Å²) in [6.07, 6.45) is 1.76. The lowest BCUT2D eigenvalue weighted by Crippen LogP contribution is -2.31. The van der Waals surface area contributed by atoms with Crippen LogP contribution in [0.5, 0.6) is 0 Å². The summed E-state index contributed by atoms with van der Waals surface area (Å²) >= 11 is 6.12. The lowest BCUT2D eigenvalue weighted by Gasteiger charge is -2.15. The summed E-state index contributed by atoms with van der Waals surface area (Å²) in [5.41, 5.74) is 1.79. The third-order valence-corrected chi connectivity index (χ3v) is 4.77. The molecule has 3 rings (SSSR count). The smallest absolute Gasteiger partial charge is 0.338 e. The molecule has 0 spiro atoms. The summed E-state index contributed by atoms with van der Waals surface area (Å²) < 4.78 is 5.17. The van der Waals surface area contributed by atoms with Gasteiger partial charge in [0.25, 0.3) is 11.8 Å². The molecule has 0 aliphatic carbocycles. The van der Waals surface area contributed by atoms with E-state index in [9.17, 15) is 14.4 Å². The highest BCUT2D eigenvalue weighted by Crippen LogP contribution is 2.27. The number of unbranched alkanes of at least 4 members (excludes halogenated alkanes) is 1. The zero-order valence-electron chi connectivity index (χ0n) is 16.0. The molecule has 0 saturated carbocycles. The predicted octanol–water partition coefficient (Wildman–Crippen LogP) is 4.07. The van der Waals surface area contributed by atoms with Crippen LogP contribution in [0, 0.1) is 0 Å². The molecule has 0 bridgehead atoms. The van der Waals surface area contributed by atoms with E-state index in [1.54, 1.807) is 24.3 Å². The molecule has 1 N–H and O–H groups in total. The van der Waals surface area contributed by atoms with Crippen LogP contribution in [0.25, 0.3) is 0 Å². The first kappa shape index (κ1) is 20.6. The third-order valence-electron chi connectivity index (χ3n) is 4.42. The Morgan fingerprint density at radius 3 is 2.38 bits per heavy atom. The second-order valence-corrected chi connectivity index (χ2v) is 6.94. The van der Waals surface area contributed by atoms with Crippen LogP contribution in [0.1, 0.15) is 35.7 Å². The molecule has 0 fully saturated rings. The highest BCUT2D eigenvalue weighted by molar-refractivity contribution is 6.48. The maximum Gasteiger partial charge on any atom is 0.338 e. The van der Waals surface area contributed by atoms with Crippen LogP contribution in [-0.4, -0.2) is 29.3 Å². The number of nitrogens with one attached hydrogen (secondary N) is 1. The summed E-state index contributed by atoms with van der Waals surface area (Å²) in [4.78, 5) is 38.1. The van der Waals surface area contributed by atoms with Crippen molar-refractivity contribution in [2.24, 2.45) is 0 Å². The molecule has 0 unspecified atom stereocenters. The van der Waals surface area contributed by atoms with Crippen molar-refractivity contribution in [1.29, 1.82) is 0 Å². The van der Waals surface area contributed by atoms with Gasteiger partial charge in [-0.2, -0.15) is 0 Å². The molecule has 1 aliphatic rings. The average molecular weight is 413 g/mol. The molecule has 2 amide bonds. The first-order chi connectivity index (χ1) is 14.0. The molecule has 1 aliphatic heterocycles. The lowest BCUT2D eigenvalue weighted by molar-refractivity contribution is -0.138. The van der Waals surface area contributed by atoms with Crippen LogP contribution in [0.3, 0.4) is 0 Å². The van der Waals surface area contributed by atoms with Gasteiger partial charge in [-0.3, -0.25) is 14.5 Å². The molecule has 0 saturated heterocycles. The molecule has 150 valence electrons. The van der Waals surface area contributed by atoms with Crippen LogP contribution in [-0.2, 0) is 20.9 Å². The van der Waals surface area contributed by atoms with Gasteiger partial charge in [0.15, 0.2) is 0 Å². The summed E-state index contributed by atoms with van der Waals surface area (Å²) in [7, 11) is 0. The number of carbonyl (C=O) groups is 3. The number of imide groups is 1. The first-order valence-corrected chi connectivity index (χ1v) is 9.73. The zero-order valence-corrected chi connectivity index (χ0v) is 16.7. The quantitative estimate of drug-likeness (QED) is 0.401. The van der Waals surface area contributed by atoms with Crippen LogP contribution >= 0.6 is 11.6 Å². The summed E-state index contributed by atoms with van der Waals surface area (Å²) in [6.45, 7) is 2.54. The lowest BCUT2D eigenvalue weighted by atomic mass is 10.2. The van der Waals surface area contributed by atoms with Gasteiger partial charge in [0.1, 0.15) is 10.7 Å². The second kappa shape index (κ2) is 9.39. The van der Waals surface area contributed by atoms with E-state index in [2.05, 4.69) is 5.32 Å². The minimum absolute atomic E-state index is 0.0193. The van der Waals surface area contributed by atoms with Gasteiger partial charge in [-0.05, 0) is 36.2 Å². The highest BCUT2D eigenvalue weighted by atomic mass is 35.5. The van der Waals surface area contributed by atoms with Crippen molar-refractivity contribution in [2.45, 2.75) is 26.3 Å². The number of halogens is 1. The van der Waals surface area contributed by atoms with E-state index >= 15 is 0 Å². The first-order valence-electron chi connectivity index (χ1n) is 9.35. The Morgan fingerprint density at radius 2 is 1.72 bits per heavy atom. The second-order valence-electron chi connectivity index (χ2n) is 6.56. The van der Waals surface area contributed by atoms with E-state index in [1.165, 1.54) is 0 Å².